The van der Waals surface area contributed by atoms with Crippen LogP contribution in [0, 0.1) is 0 Å². The molecule has 0 bridgehead atoms. The van der Waals surface area contributed by atoms with Crippen LogP contribution in [0.15, 0.2) is 108 Å². The van der Waals surface area contributed by atoms with Crippen LogP contribution in [0.2, 0.25) is 0 Å². The number of likely N-dealkylation sites (N-methyl/N-ethyl adjacent to an activating group) is 1. The molecule has 1 heterocycles. The Morgan fingerprint density at radius 1 is 1.00 bits per heavy atom. The number of rotatable bonds is 15. The second kappa shape index (κ2) is 17.4. The smallest absolute Gasteiger partial charge is 0.330 e. The van der Waals surface area contributed by atoms with E-state index in [-0.39, 0.29) is 43.0 Å². The monoisotopic (exact) mass is 641 g/mol. The Bertz CT molecular complexity index is 1400. The van der Waals surface area contributed by atoms with Gasteiger partial charge in [-0.15, -0.1) is 12.4 Å². The Balaban J connectivity index is 0.00000529. The maximum atomic E-state index is 13.3. The summed E-state index contributed by atoms with van der Waals surface area (Å²) in [6.07, 6.45) is 5.82. The average molecular weight is 642 g/mol. The fourth-order valence-corrected chi connectivity index (χ4v) is 6.79. The summed E-state index contributed by atoms with van der Waals surface area (Å²) in [5, 5.41) is 14.3. The Morgan fingerprint density at radius 2 is 1.59 bits per heavy atom. The molecule has 8 nitrogen and oxygen atoms in total. The number of nitrogens with zero attached hydrogens (tertiary/aromatic N) is 2. The third-order valence-electron chi connectivity index (χ3n) is 8.16. The third kappa shape index (κ3) is 9.99. The molecule has 3 aromatic carbocycles. The highest BCUT2D eigenvalue weighted by Gasteiger charge is 2.37. The van der Waals surface area contributed by atoms with Gasteiger partial charge in [-0.2, -0.15) is 4.31 Å². The van der Waals surface area contributed by atoms with Crippen molar-refractivity contribution in [2.75, 3.05) is 46.4 Å². The van der Waals surface area contributed by atoms with Crippen LogP contribution >= 0.6 is 12.4 Å². The van der Waals surface area contributed by atoms with Crippen molar-refractivity contribution in [3.63, 3.8) is 0 Å². The number of piperidine rings is 1. The predicted octanol–water partition coefficient (Wildman–Crippen LogP) is 4.40. The summed E-state index contributed by atoms with van der Waals surface area (Å²) in [4.78, 5) is 14.6. The topological polar surface area (TPSA) is 99.2 Å². The van der Waals surface area contributed by atoms with E-state index in [1.54, 1.807) is 43.5 Å². The number of esters is 1. The highest BCUT2D eigenvalue weighted by Crippen LogP contribution is 2.31. The van der Waals surface area contributed by atoms with E-state index in [0.29, 0.717) is 19.0 Å². The minimum atomic E-state index is -3.71. The number of sulfonamides is 1. The SMILES string of the molecule is CN(CC(CO)(CCN1CCC(NCC=CC(=O)OCc2ccccc2)CC1)c1ccccc1)S(=O)(=O)c1ccccc1.Cl. The lowest BCUT2D eigenvalue weighted by atomic mass is 9.77. The Hall–Kier alpha value is -3.05. The maximum absolute atomic E-state index is 13.3. The van der Waals surface area contributed by atoms with Gasteiger partial charge in [0.1, 0.15) is 6.61 Å². The minimum absolute atomic E-state index is 0. The van der Waals surface area contributed by atoms with Crippen LogP contribution in [0.5, 0.6) is 0 Å². The molecule has 3 aromatic rings. The van der Waals surface area contributed by atoms with Crippen LogP contribution in [-0.4, -0.2) is 81.1 Å². The van der Waals surface area contributed by atoms with Crippen LogP contribution in [0.1, 0.15) is 30.4 Å². The van der Waals surface area contributed by atoms with Crippen LogP contribution in [0.25, 0.3) is 0 Å². The van der Waals surface area contributed by atoms with Crippen molar-refractivity contribution >= 4 is 28.4 Å². The van der Waals surface area contributed by atoms with Crippen molar-refractivity contribution in [1.29, 1.82) is 0 Å². The molecule has 0 aliphatic carbocycles. The molecular formula is C34H44ClN3O5S. The van der Waals surface area contributed by atoms with E-state index >= 15 is 0 Å². The first-order valence-electron chi connectivity index (χ1n) is 14.8. The largest absolute Gasteiger partial charge is 0.458 e. The molecule has 1 saturated heterocycles. The molecule has 0 radical (unpaired) electrons. The lowest BCUT2D eigenvalue weighted by Crippen LogP contribution is -2.48. The summed E-state index contributed by atoms with van der Waals surface area (Å²) in [5.41, 5.74) is 1.14. The Labute approximate surface area is 268 Å². The zero-order valence-corrected chi connectivity index (χ0v) is 26.9. The van der Waals surface area contributed by atoms with Crippen LogP contribution < -0.4 is 5.32 Å². The standard InChI is InChI=1S/C34H43N3O5S.ClH/c1-36(43(40,41)32-16-9-4-10-17-32)27-34(28-38,30-14-7-3-8-15-30)21-25-37-23-19-31(20-24-37)35-22-11-18-33(39)42-26-29-12-5-2-6-13-29;/h2-18,31,35,38H,19-28H2,1H3;1H. The zero-order chi connectivity index (χ0) is 30.5. The van der Waals surface area contributed by atoms with Crippen molar-refractivity contribution in [2.45, 2.75) is 42.2 Å². The normalized spacial score (nSPS) is 16.0. The Morgan fingerprint density at radius 3 is 2.20 bits per heavy atom. The fourth-order valence-electron chi connectivity index (χ4n) is 5.51. The number of carbonyl (C=O) groups excluding carboxylic acids is 1. The molecule has 0 amide bonds. The van der Waals surface area contributed by atoms with Crippen LogP contribution in [0.3, 0.4) is 0 Å². The number of aliphatic hydroxyl groups is 1. The van der Waals surface area contributed by atoms with Gasteiger partial charge in [0.05, 0.1) is 11.5 Å². The molecule has 0 saturated carbocycles. The van der Waals surface area contributed by atoms with Gasteiger partial charge in [-0.3, -0.25) is 0 Å². The van der Waals surface area contributed by atoms with Crippen molar-refractivity contribution in [2.24, 2.45) is 0 Å². The molecule has 1 fully saturated rings. The highest BCUT2D eigenvalue weighted by molar-refractivity contribution is 7.89. The van der Waals surface area contributed by atoms with Gasteiger partial charge in [0, 0.05) is 37.7 Å². The molecule has 0 spiro atoms. The third-order valence-corrected chi connectivity index (χ3v) is 9.98. The number of nitrogens with one attached hydrogen (secondary N) is 1. The maximum Gasteiger partial charge on any atom is 0.330 e. The Kier molecular flexibility index (Phi) is 14.0. The van der Waals surface area contributed by atoms with E-state index < -0.39 is 15.4 Å². The van der Waals surface area contributed by atoms with Gasteiger partial charge < -0.3 is 20.1 Å². The van der Waals surface area contributed by atoms with E-state index in [1.165, 1.54) is 10.4 Å². The van der Waals surface area contributed by atoms with Crippen molar-refractivity contribution in [3.05, 3.63) is 114 Å². The first-order valence-corrected chi connectivity index (χ1v) is 16.3. The molecule has 4 rings (SSSR count). The molecule has 2 N–H and O–H groups in total. The summed E-state index contributed by atoms with van der Waals surface area (Å²) in [6.45, 7) is 3.40. The van der Waals surface area contributed by atoms with E-state index in [4.69, 9.17) is 4.74 Å². The molecule has 1 atom stereocenters. The minimum Gasteiger partial charge on any atom is -0.458 e. The summed E-state index contributed by atoms with van der Waals surface area (Å²) >= 11 is 0. The summed E-state index contributed by atoms with van der Waals surface area (Å²) in [7, 11) is -2.12. The van der Waals surface area contributed by atoms with Gasteiger partial charge >= 0.3 is 5.97 Å². The molecule has 44 heavy (non-hydrogen) atoms. The number of ether oxygens (including phenoxy) is 1. The van der Waals surface area contributed by atoms with Gasteiger partial charge in [-0.05, 0) is 62.2 Å². The number of aliphatic hydroxyl groups excluding tert-OH is 1. The molecule has 1 aliphatic heterocycles. The lowest BCUT2D eigenvalue weighted by Gasteiger charge is -2.39. The second-order valence-electron chi connectivity index (χ2n) is 11.1. The van der Waals surface area contributed by atoms with Gasteiger partial charge in [-0.25, -0.2) is 13.2 Å². The number of hydrogen-bond acceptors (Lipinski definition) is 7. The fraction of sp³-hybridized carbons (Fsp3) is 0.382. The van der Waals surface area contributed by atoms with Gasteiger partial charge in [0.2, 0.25) is 10.0 Å². The second-order valence-corrected chi connectivity index (χ2v) is 13.2. The molecule has 0 aromatic heterocycles. The van der Waals surface area contributed by atoms with Crippen LogP contribution in [-0.2, 0) is 31.6 Å². The van der Waals surface area contributed by atoms with Crippen molar-refractivity contribution in [1.82, 2.24) is 14.5 Å². The summed E-state index contributed by atoms with van der Waals surface area (Å²) in [6, 6.07) is 28.1. The summed E-state index contributed by atoms with van der Waals surface area (Å²) < 4.78 is 33.3. The van der Waals surface area contributed by atoms with Crippen molar-refractivity contribution in [3.8, 4) is 0 Å². The predicted molar refractivity (Wildman–Crippen MR) is 176 cm³/mol. The number of likely N-dealkylation sites (tertiary alicyclic amines) is 1. The number of halogens is 1. The molecule has 238 valence electrons. The lowest BCUT2D eigenvalue weighted by molar-refractivity contribution is -0.139. The number of benzene rings is 3. The summed E-state index contributed by atoms with van der Waals surface area (Å²) in [5.74, 6) is -0.353. The number of carbonyl (C=O) groups is 1. The average Bonchev–Trinajstić information content (AvgIpc) is 3.06. The van der Waals surface area contributed by atoms with E-state index in [2.05, 4.69) is 10.2 Å². The number of hydrogen-bond donors (Lipinski definition) is 2. The van der Waals surface area contributed by atoms with E-state index in [1.807, 2.05) is 60.7 Å². The zero-order valence-electron chi connectivity index (χ0n) is 25.3. The molecule has 1 unspecified atom stereocenters. The quantitative estimate of drug-likeness (QED) is 0.187. The molecular weight excluding hydrogens is 598 g/mol. The van der Waals surface area contributed by atoms with Crippen molar-refractivity contribution < 1.29 is 23.1 Å². The molecule has 1 aliphatic rings. The van der Waals surface area contributed by atoms with E-state index in [9.17, 15) is 18.3 Å². The van der Waals surface area contributed by atoms with E-state index in [0.717, 1.165) is 43.6 Å². The van der Waals surface area contributed by atoms with Gasteiger partial charge in [-0.1, -0.05) is 84.9 Å². The molecule has 10 heteroatoms. The van der Waals surface area contributed by atoms with Gasteiger partial charge in [0.15, 0.2) is 0 Å². The first-order chi connectivity index (χ1) is 20.8. The van der Waals surface area contributed by atoms with Crippen LogP contribution in [0.4, 0.5) is 0 Å². The highest BCUT2D eigenvalue weighted by atomic mass is 35.5. The van der Waals surface area contributed by atoms with Gasteiger partial charge in [0.25, 0.3) is 0 Å². The first kappa shape index (κ1) is 35.4.